The second-order valence-corrected chi connectivity index (χ2v) is 6.14. The SMILES string of the molecule is CC(C)Oc1ccc(C(=O)OCC(=O)Nc2ncc(Cl)cc2Cl)cc1. The minimum Gasteiger partial charge on any atom is -0.491 e. The second-order valence-electron chi connectivity index (χ2n) is 5.30. The number of halogens is 2. The van der Waals surface area contributed by atoms with Crippen molar-refractivity contribution in [1.29, 1.82) is 0 Å². The molecule has 25 heavy (non-hydrogen) atoms. The summed E-state index contributed by atoms with van der Waals surface area (Å²) < 4.78 is 10.4. The molecule has 0 radical (unpaired) electrons. The zero-order chi connectivity index (χ0) is 18.4. The van der Waals surface area contributed by atoms with Gasteiger partial charge in [0.2, 0.25) is 0 Å². The number of nitrogens with zero attached hydrogens (tertiary/aromatic N) is 1. The largest absolute Gasteiger partial charge is 0.491 e. The number of hydrogen-bond donors (Lipinski definition) is 1. The number of esters is 1. The fraction of sp³-hybridized carbons (Fsp3) is 0.235. The molecule has 0 aliphatic carbocycles. The number of amides is 1. The normalized spacial score (nSPS) is 10.4. The lowest BCUT2D eigenvalue weighted by Gasteiger charge is -2.10. The van der Waals surface area contributed by atoms with Crippen LogP contribution in [0.2, 0.25) is 10.0 Å². The molecule has 132 valence electrons. The van der Waals surface area contributed by atoms with E-state index in [9.17, 15) is 9.59 Å². The van der Waals surface area contributed by atoms with Crippen molar-refractivity contribution in [2.45, 2.75) is 20.0 Å². The summed E-state index contributed by atoms with van der Waals surface area (Å²) in [6.45, 7) is 3.34. The van der Waals surface area contributed by atoms with Gasteiger partial charge in [0.25, 0.3) is 5.91 Å². The van der Waals surface area contributed by atoms with Gasteiger partial charge >= 0.3 is 5.97 Å². The lowest BCUT2D eigenvalue weighted by atomic mass is 10.2. The van der Waals surface area contributed by atoms with E-state index in [2.05, 4.69) is 10.3 Å². The molecule has 2 aromatic rings. The van der Waals surface area contributed by atoms with Crippen LogP contribution >= 0.6 is 23.2 Å². The first-order chi connectivity index (χ1) is 11.8. The van der Waals surface area contributed by atoms with E-state index in [1.807, 2.05) is 13.8 Å². The van der Waals surface area contributed by atoms with E-state index in [1.54, 1.807) is 24.3 Å². The molecule has 1 aromatic carbocycles. The number of ether oxygens (including phenoxy) is 2. The summed E-state index contributed by atoms with van der Waals surface area (Å²) in [4.78, 5) is 27.7. The van der Waals surface area contributed by atoms with Crippen LogP contribution < -0.4 is 10.1 Å². The standard InChI is InChI=1S/C17H16Cl2N2O4/c1-10(2)25-13-5-3-11(4-6-13)17(23)24-9-15(22)21-16-14(19)7-12(18)8-20-16/h3-8,10H,9H2,1-2H3,(H,20,21,22). The van der Waals surface area contributed by atoms with Gasteiger partial charge in [0.05, 0.1) is 21.7 Å². The average Bonchev–Trinajstić information content (AvgIpc) is 2.55. The van der Waals surface area contributed by atoms with Crippen molar-refractivity contribution in [1.82, 2.24) is 4.98 Å². The third-order valence-corrected chi connectivity index (χ3v) is 3.36. The van der Waals surface area contributed by atoms with Crippen LogP contribution in [-0.2, 0) is 9.53 Å². The first-order valence-corrected chi connectivity index (χ1v) is 8.15. The number of rotatable bonds is 6. The number of carbonyl (C=O) groups excluding carboxylic acids is 2. The van der Waals surface area contributed by atoms with Crippen LogP contribution in [0.1, 0.15) is 24.2 Å². The molecule has 1 amide bonds. The number of hydrogen-bond acceptors (Lipinski definition) is 5. The van der Waals surface area contributed by atoms with Crippen molar-refractivity contribution in [2.24, 2.45) is 0 Å². The highest BCUT2D eigenvalue weighted by atomic mass is 35.5. The van der Waals surface area contributed by atoms with Gasteiger partial charge in [0.15, 0.2) is 12.4 Å². The van der Waals surface area contributed by atoms with Gasteiger partial charge in [0, 0.05) is 6.20 Å². The third kappa shape index (κ3) is 5.92. The minimum absolute atomic E-state index is 0.0369. The van der Waals surface area contributed by atoms with Crippen molar-refractivity contribution < 1.29 is 19.1 Å². The lowest BCUT2D eigenvalue weighted by molar-refractivity contribution is -0.119. The Bertz CT molecular complexity index is 764. The van der Waals surface area contributed by atoms with Gasteiger partial charge in [-0.15, -0.1) is 0 Å². The summed E-state index contributed by atoms with van der Waals surface area (Å²) in [6, 6.07) is 7.89. The van der Waals surface area contributed by atoms with Crippen molar-refractivity contribution in [2.75, 3.05) is 11.9 Å². The van der Waals surface area contributed by atoms with Crippen molar-refractivity contribution in [3.63, 3.8) is 0 Å². The van der Waals surface area contributed by atoms with Crippen LogP contribution in [0.15, 0.2) is 36.5 Å². The van der Waals surface area contributed by atoms with Gasteiger partial charge in [0.1, 0.15) is 5.75 Å². The van der Waals surface area contributed by atoms with Crippen LogP contribution in [0.25, 0.3) is 0 Å². The van der Waals surface area contributed by atoms with Crippen LogP contribution in [0, 0.1) is 0 Å². The Kier molecular flexibility index (Phi) is 6.61. The lowest BCUT2D eigenvalue weighted by Crippen LogP contribution is -2.21. The molecule has 0 bridgehead atoms. The van der Waals surface area contributed by atoms with Gasteiger partial charge in [-0.2, -0.15) is 0 Å². The molecule has 1 heterocycles. The number of benzene rings is 1. The highest BCUT2D eigenvalue weighted by Gasteiger charge is 2.12. The Morgan fingerprint density at radius 2 is 1.88 bits per heavy atom. The maximum absolute atomic E-state index is 11.9. The Labute approximate surface area is 155 Å². The number of pyridine rings is 1. The number of anilines is 1. The molecule has 0 unspecified atom stereocenters. The summed E-state index contributed by atoms with van der Waals surface area (Å²) in [5, 5.41) is 2.97. The highest BCUT2D eigenvalue weighted by Crippen LogP contribution is 2.22. The monoisotopic (exact) mass is 382 g/mol. The van der Waals surface area contributed by atoms with Gasteiger partial charge in [-0.05, 0) is 44.2 Å². The molecule has 0 aliphatic heterocycles. The molecule has 6 nitrogen and oxygen atoms in total. The Morgan fingerprint density at radius 1 is 1.20 bits per heavy atom. The molecular formula is C17H16Cl2N2O4. The molecule has 0 atom stereocenters. The van der Waals surface area contributed by atoms with E-state index in [0.717, 1.165) is 0 Å². The first-order valence-electron chi connectivity index (χ1n) is 7.40. The quantitative estimate of drug-likeness (QED) is 0.764. The Morgan fingerprint density at radius 3 is 2.48 bits per heavy atom. The zero-order valence-corrected chi connectivity index (χ0v) is 15.1. The van der Waals surface area contributed by atoms with Crippen LogP contribution in [0.3, 0.4) is 0 Å². The van der Waals surface area contributed by atoms with Crippen LogP contribution in [0.5, 0.6) is 5.75 Å². The molecule has 0 spiro atoms. The summed E-state index contributed by atoms with van der Waals surface area (Å²) in [5.74, 6) is -0.402. The first kappa shape index (κ1) is 19.0. The smallest absolute Gasteiger partial charge is 0.338 e. The Balaban J connectivity index is 1.87. The molecular weight excluding hydrogens is 367 g/mol. The number of carbonyl (C=O) groups is 2. The fourth-order valence-electron chi connectivity index (χ4n) is 1.83. The summed E-state index contributed by atoms with van der Waals surface area (Å²) >= 11 is 11.6. The topological polar surface area (TPSA) is 77.5 Å². The predicted octanol–water partition coefficient (Wildman–Crippen LogP) is 3.97. The van der Waals surface area contributed by atoms with Crippen molar-refractivity contribution in [3.05, 3.63) is 52.1 Å². The van der Waals surface area contributed by atoms with E-state index >= 15 is 0 Å². The Hall–Kier alpha value is -2.31. The van der Waals surface area contributed by atoms with Gasteiger partial charge in [-0.3, -0.25) is 4.79 Å². The summed E-state index contributed by atoms with van der Waals surface area (Å²) in [6.07, 6.45) is 1.38. The van der Waals surface area contributed by atoms with Crippen molar-refractivity contribution in [3.8, 4) is 5.75 Å². The van der Waals surface area contributed by atoms with E-state index in [0.29, 0.717) is 16.3 Å². The summed E-state index contributed by atoms with van der Waals surface area (Å²) in [7, 11) is 0. The number of aromatic nitrogens is 1. The molecule has 1 N–H and O–H groups in total. The molecule has 0 saturated heterocycles. The third-order valence-electron chi connectivity index (χ3n) is 2.86. The van der Waals surface area contributed by atoms with Crippen LogP contribution in [0.4, 0.5) is 5.82 Å². The van der Waals surface area contributed by atoms with E-state index < -0.39 is 18.5 Å². The van der Waals surface area contributed by atoms with Crippen molar-refractivity contribution >= 4 is 40.9 Å². The molecule has 1 aromatic heterocycles. The molecule has 8 heteroatoms. The maximum atomic E-state index is 11.9. The summed E-state index contributed by atoms with van der Waals surface area (Å²) in [5.41, 5.74) is 0.312. The average molecular weight is 383 g/mol. The molecule has 0 fully saturated rings. The zero-order valence-electron chi connectivity index (χ0n) is 13.6. The molecule has 0 saturated carbocycles. The minimum atomic E-state index is -0.624. The van der Waals surface area contributed by atoms with E-state index in [4.69, 9.17) is 32.7 Å². The molecule has 0 aliphatic rings. The van der Waals surface area contributed by atoms with Gasteiger partial charge < -0.3 is 14.8 Å². The van der Waals surface area contributed by atoms with Crippen LogP contribution in [-0.4, -0.2) is 29.6 Å². The van der Waals surface area contributed by atoms with E-state index in [1.165, 1.54) is 12.3 Å². The fourth-order valence-corrected chi connectivity index (χ4v) is 2.26. The second kappa shape index (κ2) is 8.69. The maximum Gasteiger partial charge on any atom is 0.338 e. The van der Waals surface area contributed by atoms with Gasteiger partial charge in [-0.1, -0.05) is 23.2 Å². The predicted molar refractivity (Wildman–Crippen MR) is 95.4 cm³/mol. The highest BCUT2D eigenvalue weighted by molar-refractivity contribution is 6.36. The number of nitrogens with one attached hydrogen (secondary N) is 1. The van der Waals surface area contributed by atoms with E-state index in [-0.39, 0.29) is 16.9 Å². The van der Waals surface area contributed by atoms with Gasteiger partial charge in [-0.25, -0.2) is 9.78 Å². The molecule has 2 rings (SSSR count).